The lowest BCUT2D eigenvalue weighted by Gasteiger charge is -2.17. The fourth-order valence-electron chi connectivity index (χ4n) is 2.21. The first kappa shape index (κ1) is 17.0. The van der Waals surface area contributed by atoms with Crippen LogP contribution in [-0.2, 0) is 16.1 Å². The van der Waals surface area contributed by atoms with Crippen molar-refractivity contribution < 1.29 is 9.59 Å². The summed E-state index contributed by atoms with van der Waals surface area (Å²) in [5, 5.41) is 7.03. The van der Waals surface area contributed by atoms with Gasteiger partial charge in [0.15, 0.2) is 0 Å². The van der Waals surface area contributed by atoms with E-state index in [0.717, 1.165) is 17.0 Å². The van der Waals surface area contributed by atoms with Crippen LogP contribution in [0.5, 0.6) is 0 Å². The first-order valence-electron chi connectivity index (χ1n) is 7.23. The maximum Gasteiger partial charge on any atom is 0.307 e. The number of nitrogens with one attached hydrogen (secondary N) is 2. The van der Waals surface area contributed by atoms with Crippen LogP contribution in [0.25, 0.3) is 0 Å². The molecule has 0 aliphatic carbocycles. The van der Waals surface area contributed by atoms with Crippen LogP contribution < -0.4 is 15.5 Å². The van der Waals surface area contributed by atoms with E-state index in [-0.39, 0.29) is 23.1 Å². The van der Waals surface area contributed by atoms with Gasteiger partial charge in [0.1, 0.15) is 6.04 Å². The van der Waals surface area contributed by atoms with Crippen LogP contribution in [-0.4, -0.2) is 23.4 Å². The monoisotopic (exact) mass is 333 g/mol. The van der Waals surface area contributed by atoms with Gasteiger partial charge in [0.25, 0.3) is 0 Å². The lowest BCUT2D eigenvalue weighted by Crippen LogP contribution is -2.39. The normalized spacial score (nSPS) is 11.7. The number of carbonyl (C=O) groups excluding carboxylic acids is 2. The average molecular weight is 333 g/mol. The van der Waals surface area contributed by atoms with Crippen molar-refractivity contribution in [3.63, 3.8) is 0 Å². The number of thiazole rings is 1. The SMILES string of the molecule is CNC(=O)[C@@H](NC(=O)CCn1c(C)csc1=O)c1ccccc1. The maximum absolute atomic E-state index is 12.2. The highest BCUT2D eigenvalue weighted by Crippen LogP contribution is 2.13. The Balaban J connectivity index is 2.04. The molecule has 0 fully saturated rings. The maximum atomic E-state index is 12.2. The lowest BCUT2D eigenvalue weighted by atomic mass is 10.1. The van der Waals surface area contributed by atoms with E-state index >= 15 is 0 Å². The second kappa shape index (κ2) is 7.73. The minimum Gasteiger partial charge on any atom is -0.357 e. The van der Waals surface area contributed by atoms with Gasteiger partial charge in [0, 0.05) is 31.1 Å². The minimum atomic E-state index is -0.742. The van der Waals surface area contributed by atoms with E-state index in [0.29, 0.717) is 12.1 Å². The second-order valence-corrected chi connectivity index (χ2v) is 5.89. The molecule has 0 unspecified atom stereocenters. The summed E-state index contributed by atoms with van der Waals surface area (Å²) in [6.45, 7) is 2.13. The number of amides is 2. The average Bonchev–Trinajstić information content (AvgIpc) is 2.89. The predicted molar refractivity (Wildman–Crippen MR) is 89.3 cm³/mol. The van der Waals surface area contributed by atoms with E-state index < -0.39 is 6.04 Å². The van der Waals surface area contributed by atoms with Gasteiger partial charge in [-0.2, -0.15) is 0 Å². The molecule has 1 aromatic heterocycles. The molecule has 0 aliphatic rings. The van der Waals surface area contributed by atoms with Crippen molar-refractivity contribution in [3.05, 3.63) is 56.6 Å². The number of benzene rings is 1. The van der Waals surface area contributed by atoms with Gasteiger partial charge < -0.3 is 15.2 Å². The first-order valence-corrected chi connectivity index (χ1v) is 8.11. The molecule has 1 aromatic carbocycles. The third-order valence-electron chi connectivity index (χ3n) is 3.49. The Bertz CT molecular complexity index is 737. The van der Waals surface area contributed by atoms with Gasteiger partial charge in [-0.3, -0.25) is 14.4 Å². The van der Waals surface area contributed by atoms with Gasteiger partial charge in [-0.05, 0) is 12.5 Å². The fraction of sp³-hybridized carbons (Fsp3) is 0.312. The van der Waals surface area contributed by atoms with Crippen LogP contribution in [0, 0.1) is 6.92 Å². The van der Waals surface area contributed by atoms with E-state index in [2.05, 4.69) is 10.6 Å². The lowest BCUT2D eigenvalue weighted by molar-refractivity contribution is -0.129. The van der Waals surface area contributed by atoms with Crippen molar-refractivity contribution in [2.24, 2.45) is 0 Å². The molecule has 2 rings (SSSR count). The van der Waals surface area contributed by atoms with Crippen LogP contribution in [0.15, 0.2) is 40.5 Å². The molecule has 2 aromatic rings. The molecule has 0 saturated carbocycles. The third-order valence-corrected chi connectivity index (χ3v) is 4.37. The molecule has 0 bridgehead atoms. The molecule has 0 spiro atoms. The number of rotatable bonds is 6. The number of carbonyl (C=O) groups is 2. The smallest absolute Gasteiger partial charge is 0.307 e. The van der Waals surface area contributed by atoms with Gasteiger partial charge in [0.2, 0.25) is 11.8 Å². The van der Waals surface area contributed by atoms with Gasteiger partial charge in [-0.15, -0.1) is 0 Å². The Labute approximate surface area is 138 Å². The largest absolute Gasteiger partial charge is 0.357 e. The fourth-order valence-corrected chi connectivity index (χ4v) is 2.97. The molecule has 2 N–H and O–H groups in total. The molecule has 0 aliphatic heterocycles. The Hall–Kier alpha value is -2.41. The van der Waals surface area contributed by atoms with Gasteiger partial charge in [0.05, 0.1) is 0 Å². The molecule has 7 heteroatoms. The van der Waals surface area contributed by atoms with E-state index in [9.17, 15) is 14.4 Å². The van der Waals surface area contributed by atoms with Crippen molar-refractivity contribution in [2.75, 3.05) is 7.05 Å². The van der Waals surface area contributed by atoms with Crippen LogP contribution in [0.1, 0.15) is 23.7 Å². The molecule has 1 atom stereocenters. The molecule has 6 nitrogen and oxygen atoms in total. The number of aryl methyl sites for hydroxylation is 1. The Kier molecular flexibility index (Phi) is 5.70. The molecule has 2 amide bonds. The summed E-state index contributed by atoms with van der Waals surface area (Å²) >= 11 is 1.11. The van der Waals surface area contributed by atoms with Crippen molar-refractivity contribution in [3.8, 4) is 0 Å². The van der Waals surface area contributed by atoms with Gasteiger partial charge >= 0.3 is 4.87 Å². The van der Waals surface area contributed by atoms with Gasteiger partial charge in [-0.1, -0.05) is 41.7 Å². The zero-order valence-corrected chi connectivity index (χ0v) is 13.9. The summed E-state index contributed by atoms with van der Waals surface area (Å²) in [6.07, 6.45) is 0.137. The number of aromatic nitrogens is 1. The van der Waals surface area contributed by atoms with E-state index in [1.54, 1.807) is 22.1 Å². The summed E-state index contributed by atoms with van der Waals surface area (Å²) in [7, 11) is 1.53. The molecule has 122 valence electrons. The quantitative estimate of drug-likeness (QED) is 0.834. The van der Waals surface area contributed by atoms with Crippen LogP contribution in [0.2, 0.25) is 0 Å². The predicted octanol–water partition coefficient (Wildman–Crippen LogP) is 1.21. The molecular weight excluding hydrogens is 314 g/mol. The summed E-state index contributed by atoms with van der Waals surface area (Å²) < 4.78 is 1.56. The Morgan fingerprint density at radius 3 is 2.52 bits per heavy atom. The highest BCUT2D eigenvalue weighted by Gasteiger charge is 2.21. The summed E-state index contributed by atoms with van der Waals surface area (Å²) in [5.74, 6) is -0.562. The standard InChI is InChI=1S/C16H19N3O3S/c1-11-10-23-16(22)19(11)9-8-13(20)18-14(15(21)17-2)12-6-4-3-5-7-12/h3-7,10,14H,8-9H2,1-2H3,(H,17,21)(H,18,20)/t14-/m0/s1. The van der Waals surface area contributed by atoms with Crippen molar-refractivity contribution in [1.29, 1.82) is 0 Å². The number of hydrogen-bond donors (Lipinski definition) is 2. The summed E-state index contributed by atoms with van der Waals surface area (Å²) in [4.78, 5) is 35.7. The van der Waals surface area contributed by atoms with Crippen LogP contribution in [0.3, 0.4) is 0 Å². The Morgan fingerprint density at radius 1 is 1.26 bits per heavy atom. The molecule has 1 heterocycles. The van der Waals surface area contributed by atoms with E-state index in [4.69, 9.17) is 0 Å². The molecule has 23 heavy (non-hydrogen) atoms. The highest BCUT2D eigenvalue weighted by atomic mass is 32.1. The van der Waals surface area contributed by atoms with Crippen molar-refractivity contribution in [1.82, 2.24) is 15.2 Å². The first-order chi connectivity index (χ1) is 11.0. The van der Waals surface area contributed by atoms with Crippen LogP contribution >= 0.6 is 11.3 Å². The van der Waals surface area contributed by atoms with Crippen molar-refractivity contribution >= 4 is 23.2 Å². The summed E-state index contributed by atoms with van der Waals surface area (Å²) in [6, 6.07) is 8.30. The van der Waals surface area contributed by atoms with E-state index in [1.807, 2.05) is 25.1 Å². The number of hydrogen-bond acceptors (Lipinski definition) is 4. The van der Waals surface area contributed by atoms with Gasteiger partial charge in [-0.25, -0.2) is 0 Å². The number of likely N-dealkylation sites (N-methyl/N-ethyl adjacent to an activating group) is 1. The molecule has 0 saturated heterocycles. The third kappa shape index (κ3) is 4.29. The topological polar surface area (TPSA) is 80.2 Å². The second-order valence-electron chi connectivity index (χ2n) is 5.07. The molecule has 0 radical (unpaired) electrons. The minimum absolute atomic E-state index is 0.0822. The van der Waals surface area contributed by atoms with Crippen LogP contribution in [0.4, 0.5) is 0 Å². The zero-order valence-electron chi connectivity index (χ0n) is 13.0. The summed E-state index contributed by atoms with van der Waals surface area (Å²) in [5.41, 5.74) is 1.54. The Morgan fingerprint density at radius 2 is 1.96 bits per heavy atom. The van der Waals surface area contributed by atoms with E-state index in [1.165, 1.54) is 7.05 Å². The zero-order chi connectivity index (χ0) is 16.8. The van der Waals surface area contributed by atoms with Crippen molar-refractivity contribution in [2.45, 2.75) is 25.9 Å². The number of nitrogens with zero attached hydrogens (tertiary/aromatic N) is 1. The molecular formula is C16H19N3O3S. The highest BCUT2D eigenvalue weighted by molar-refractivity contribution is 7.07.